The highest BCUT2D eigenvalue weighted by molar-refractivity contribution is 7.89. The van der Waals surface area contributed by atoms with E-state index in [0.29, 0.717) is 6.42 Å². The molecule has 1 rings (SSSR count). The minimum atomic E-state index is -3.55. The topological polar surface area (TPSA) is 83.5 Å². The Labute approximate surface area is 120 Å². The van der Waals surface area contributed by atoms with Crippen molar-refractivity contribution in [2.45, 2.75) is 38.6 Å². The Morgan fingerprint density at radius 2 is 1.90 bits per heavy atom. The quantitative estimate of drug-likeness (QED) is 0.681. The molecular formula is C14H21NO4S. The first-order valence-electron chi connectivity index (χ1n) is 6.71. The second-order valence-electron chi connectivity index (χ2n) is 4.72. The molecule has 20 heavy (non-hydrogen) atoms. The smallest absolute Gasteiger partial charge is 0.322 e. The lowest BCUT2D eigenvalue weighted by atomic mass is 10.1. The van der Waals surface area contributed by atoms with Gasteiger partial charge in [0.15, 0.2) is 0 Å². The molecule has 0 amide bonds. The van der Waals surface area contributed by atoms with Crippen LogP contribution in [0.2, 0.25) is 0 Å². The third kappa shape index (κ3) is 6.16. The van der Waals surface area contributed by atoms with E-state index in [1.54, 1.807) is 24.3 Å². The van der Waals surface area contributed by atoms with Crippen molar-refractivity contribution in [1.82, 2.24) is 4.72 Å². The number of aliphatic carboxylic acids is 1. The monoisotopic (exact) mass is 299 g/mol. The van der Waals surface area contributed by atoms with Gasteiger partial charge in [-0.05, 0) is 18.4 Å². The number of sulfonamides is 1. The number of carboxylic acid groups (broad SMARTS) is 1. The minimum absolute atomic E-state index is 0.0284. The Morgan fingerprint density at radius 1 is 1.25 bits per heavy atom. The van der Waals surface area contributed by atoms with Crippen molar-refractivity contribution in [1.29, 1.82) is 0 Å². The molecule has 0 aliphatic carbocycles. The van der Waals surface area contributed by atoms with E-state index in [1.807, 2.05) is 13.0 Å². The summed E-state index contributed by atoms with van der Waals surface area (Å²) >= 11 is 0. The zero-order valence-corrected chi connectivity index (χ0v) is 12.4. The van der Waals surface area contributed by atoms with Gasteiger partial charge in [0, 0.05) is 0 Å². The van der Waals surface area contributed by atoms with E-state index in [1.165, 1.54) is 0 Å². The highest BCUT2D eigenvalue weighted by atomic mass is 32.2. The summed E-state index contributed by atoms with van der Waals surface area (Å²) in [5.74, 6) is -1.19. The van der Waals surface area contributed by atoms with Crippen molar-refractivity contribution < 1.29 is 18.3 Å². The predicted molar refractivity (Wildman–Crippen MR) is 78.0 cm³/mol. The van der Waals surface area contributed by atoms with E-state index >= 15 is 0 Å². The Balaban J connectivity index is 2.65. The Kier molecular flexibility index (Phi) is 6.67. The van der Waals surface area contributed by atoms with Crippen molar-refractivity contribution in [2.75, 3.05) is 5.75 Å². The van der Waals surface area contributed by atoms with Crippen LogP contribution in [-0.4, -0.2) is 31.3 Å². The summed E-state index contributed by atoms with van der Waals surface area (Å²) in [5, 5.41) is 9.14. The first-order chi connectivity index (χ1) is 9.44. The van der Waals surface area contributed by atoms with E-state index < -0.39 is 22.0 Å². The number of hydrogen-bond acceptors (Lipinski definition) is 3. The average Bonchev–Trinajstić information content (AvgIpc) is 2.39. The van der Waals surface area contributed by atoms with Gasteiger partial charge in [0.1, 0.15) is 6.04 Å². The maximum Gasteiger partial charge on any atom is 0.322 e. The van der Waals surface area contributed by atoms with Gasteiger partial charge in [0.2, 0.25) is 10.0 Å². The normalized spacial score (nSPS) is 13.1. The highest BCUT2D eigenvalue weighted by Crippen LogP contribution is 2.06. The largest absolute Gasteiger partial charge is 0.480 e. The second kappa shape index (κ2) is 8.01. The van der Waals surface area contributed by atoms with Gasteiger partial charge in [0.25, 0.3) is 0 Å². The zero-order chi connectivity index (χ0) is 15.0. The van der Waals surface area contributed by atoms with Crippen LogP contribution in [0.1, 0.15) is 31.7 Å². The molecule has 0 radical (unpaired) electrons. The van der Waals surface area contributed by atoms with Gasteiger partial charge in [-0.1, -0.05) is 50.1 Å². The van der Waals surface area contributed by atoms with Crippen LogP contribution >= 0.6 is 0 Å². The van der Waals surface area contributed by atoms with Gasteiger partial charge in [-0.25, -0.2) is 13.1 Å². The molecule has 0 spiro atoms. The van der Waals surface area contributed by atoms with Crippen molar-refractivity contribution in [3.8, 4) is 0 Å². The molecule has 0 aliphatic heterocycles. The lowest BCUT2D eigenvalue weighted by Crippen LogP contribution is -2.43. The first kappa shape index (κ1) is 16.7. The summed E-state index contributed by atoms with van der Waals surface area (Å²) in [5.41, 5.74) is 0.788. The summed E-state index contributed by atoms with van der Waals surface area (Å²) in [4.78, 5) is 11.2. The van der Waals surface area contributed by atoms with Crippen LogP contribution in [0.4, 0.5) is 0 Å². The van der Waals surface area contributed by atoms with Gasteiger partial charge in [-0.3, -0.25) is 4.79 Å². The van der Waals surface area contributed by atoms with Crippen molar-refractivity contribution in [3.05, 3.63) is 35.9 Å². The van der Waals surface area contributed by atoms with Crippen molar-refractivity contribution >= 4 is 16.0 Å². The molecule has 0 unspecified atom stereocenters. The lowest BCUT2D eigenvalue weighted by Gasteiger charge is -2.14. The molecule has 0 aromatic heterocycles. The van der Waals surface area contributed by atoms with Gasteiger partial charge in [-0.15, -0.1) is 0 Å². The van der Waals surface area contributed by atoms with Crippen molar-refractivity contribution in [2.24, 2.45) is 0 Å². The lowest BCUT2D eigenvalue weighted by molar-refractivity contribution is -0.138. The first-order valence-corrected chi connectivity index (χ1v) is 8.36. The molecule has 0 saturated heterocycles. The summed E-state index contributed by atoms with van der Waals surface area (Å²) in [7, 11) is -3.55. The van der Waals surface area contributed by atoms with Crippen LogP contribution < -0.4 is 4.72 Å². The number of hydrogen-bond donors (Lipinski definition) is 2. The third-order valence-electron chi connectivity index (χ3n) is 2.92. The van der Waals surface area contributed by atoms with Crippen LogP contribution in [-0.2, 0) is 21.2 Å². The molecular weight excluding hydrogens is 278 g/mol. The van der Waals surface area contributed by atoms with E-state index in [4.69, 9.17) is 5.11 Å². The number of unbranched alkanes of at least 4 members (excludes halogenated alkanes) is 2. The number of benzene rings is 1. The van der Waals surface area contributed by atoms with Gasteiger partial charge >= 0.3 is 5.97 Å². The average molecular weight is 299 g/mol. The molecule has 0 heterocycles. The fourth-order valence-corrected chi connectivity index (χ4v) is 3.17. The molecule has 0 saturated carbocycles. The minimum Gasteiger partial charge on any atom is -0.480 e. The molecule has 5 nitrogen and oxygen atoms in total. The SMILES string of the molecule is CCCCCS(=O)(=O)N[C@@H](Cc1ccccc1)C(=O)O. The van der Waals surface area contributed by atoms with E-state index in [2.05, 4.69) is 4.72 Å². The Morgan fingerprint density at radius 3 is 2.45 bits per heavy atom. The number of rotatable bonds is 9. The van der Waals surface area contributed by atoms with Crippen LogP contribution in [0.15, 0.2) is 30.3 Å². The molecule has 1 aromatic rings. The predicted octanol–water partition coefficient (Wildman–Crippen LogP) is 1.79. The molecule has 0 fully saturated rings. The maximum atomic E-state index is 11.8. The Bertz CT molecular complexity index is 513. The fourth-order valence-electron chi connectivity index (χ4n) is 1.85. The molecule has 1 atom stereocenters. The van der Waals surface area contributed by atoms with Crippen molar-refractivity contribution in [3.63, 3.8) is 0 Å². The molecule has 0 bridgehead atoms. The maximum absolute atomic E-state index is 11.8. The number of carbonyl (C=O) groups is 1. The Hall–Kier alpha value is -1.40. The van der Waals surface area contributed by atoms with Crippen LogP contribution in [0.5, 0.6) is 0 Å². The van der Waals surface area contributed by atoms with Gasteiger partial charge in [0.05, 0.1) is 5.75 Å². The number of carboxylic acids is 1. The molecule has 112 valence electrons. The second-order valence-corrected chi connectivity index (χ2v) is 6.60. The third-order valence-corrected chi connectivity index (χ3v) is 4.39. The van der Waals surface area contributed by atoms with Gasteiger partial charge < -0.3 is 5.11 Å². The summed E-state index contributed by atoms with van der Waals surface area (Å²) in [6, 6.07) is 7.86. The van der Waals surface area contributed by atoms with E-state index in [0.717, 1.165) is 18.4 Å². The highest BCUT2D eigenvalue weighted by Gasteiger charge is 2.23. The molecule has 6 heteroatoms. The van der Waals surface area contributed by atoms with E-state index in [-0.39, 0.29) is 12.2 Å². The van der Waals surface area contributed by atoms with Crippen LogP contribution in [0, 0.1) is 0 Å². The molecule has 0 aliphatic rings. The number of nitrogens with one attached hydrogen (secondary N) is 1. The van der Waals surface area contributed by atoms with Gasteiger partial charge in [-0.2, -0.15) is 0 Å². The summed E-state index contributed by atoms with van der Waals surface area (Å²) < 4.78 is 25.9. The summed E-state index contributed by atoms with van der Waals surface area (Å²) in [6.45, 7) is 1.98. The zero-order valence-electron chi connectivity index (χ0n) is 11.6. The standard InChI is InChI=1S/C14H21NO4S/c1-2-3-7-10-20(18,19)15-13(14(16)17)11-12-8-5-4-6-9-12/h4-6,8-9,13,15H,2-3,7,10-11H2,1H3,(H,16,17)/t13-/m0/s1. The molecule has 2 N–H and O–H groups in total. The van der Waals surface area contributed by atoms with Crippen LogP contribution in [0.3, 0.4) is 0 Å². The van der Waals surface area contributed by atoms with Crippen LogP contribution in [0.25, 0.3) is 0 Å². The summed E-state index contributed by atoms with van der Waals surface area (Å²) in [6.07, 6.45) is 2.42. The van der Waals surface area contributed by atoms with E-state index in [9.17, 15) is 13.2 Å². The fraction of sp³-hybridized carbons (Fsp3) is 0.500. The molecule has 1 aromatic carbocycles.